The summed E-state index contributed by atoms with van der Waals surface area (Å²) in [5, 5.41) is 0. The molecule has 0 radical (unpaired) electrons. The number of esters is 1. The minimum absolute atomic E-state index is 0.0191. The molecule has 2 rings (SSSR count). The Morgan fingerprint density at radius 3 is 2.21 bits per heavy atom. The van der Waals surface area contributed by atoms with E-state index < -0.39 is 0 Å². The molecule has 0 amide bonds. The molecule has 0 unspecified atom stereocenters. The van der Waals surface area contributed by atoms with E-state index >= 15 is 0 Å². The van der Waals surface area contributed by atoms with Crippen LogP contribution in [0.25, 0.3) is 0 Å². The normalized spacial score (nSPS) is 36.9. The van der Waals surface area contributed by atoms with Crippen molar-refractivity contribution in [3.05, 3.63) is 0 Å². The van der Waals surface area contributed by atoms with E-state index in [1.807, 2.05) is 0 Å². The molecule has 0 bridgehead atoms. The van der Waals surface area contributed by atoms with E-state index in [2.05, 4.69) is 13.8 Å². The lowest BCUT2D eigenvalue weighted by molar-refractivity contribution is -0.158. The second-order valence-corrected chi connectivity index (χ2v) is 5.02. The van der Waals surface area contributed by atoms with Gasteiger partial charge in [0.25, 0.3) is 0 Å². The molecule has 1 aliphatic heterocycles. The van der Waals surface area contributed by atoms with Gasteiger partial charge in [-0.1, -0.05) is 26.7 Å². The van der Waals surface area contributed by atoms with E-state index in [0.717, 1.165) is 6.42 Å². The molecule has 1 heterocycles. The lowest BCUT2D eigenvalue weighted by Gasteiger charge is -2.37. The third-order valence-corrected chi connectivity index (χ3v) is 4.22. The molecule has 14 heavy (non-hydrogen) atoms. The van der Waals surface area contributed by atoms with Gasteiger partial charge in [0.2, 0.25) is 0 Å². The fourth-order valence-electron chi connectivity index (χ4n) is 3.18. The van der Waals surface area contributed by atoms with Gasteiger partial charge in [0, 0.05) is 6.42 Å². The van der Waals surface area contributed by atoms with Crippen LogP contribution in [0.5, 0.6) is 0 Å². The SMILES string of the molecule is C[C@@H]1CCCC[C@@H](C)C12CCC(=O)O2. The van der Waals surface area contributed by atoms with E-state index in [1.54, 1.807) is 0 Å². The average molecular weight is 196 g/mol. The summed E-state index contributed by atoms with van der Waals surface area (Å²) >= 11 is 0. The number of hydrogen-bond donors (Lipinski definition) is 0. The summed E-state index contributed by atoms with van der Waals surface area (Å²) in [5.41, 5.74) is -0.104. The molecule has 0 aromatic rings. The summed E-state index contributed by atoms with van der Waals surface area (Å²) in [6.07, 6.45) is 6.62. The molecule has 2 atom stereocenters. The number of carbonyl (C=O) groups excluding carboxylic acids is 1. The molecule has 1 aliphatic carbocycles. The van der Waals surface area contributed by atoms with Gasteiger partial charge in [-0.3, -0.25) is 4.79 Å². The van der Waals surface area contributed by atoms with Gasteiger partial charge in [0.15, 0.2) is 0 Å². The number of ether oxygens (including phenoxy) is 1. The van der Waals surface area contributed by atoms with Gasteiger partial charge < -0.3 is 4.74 Å². The highest BCUT2D eigenvalue weighted by molar-refractivity contribution is 5.72. The highest BCUT2D eigenvalue weighted by Gasteiger charge is 2.49. The van der Waals surface area contributed by atoms with Crippen molar-refractivity contribution in [3.63, 3.8) is 0 Å². The fourth-order valence-corrected chi connectivity index (χ4v) is 3.18. The van der Waals surface area contributed by atoms with Gasteiger partial charge in [-0.2, -0.15) is 0 Å². The molecule has 2 nitrogen and oxygen atoms in total. The quantitative estimate of drug-likeness (QED) is 0.557. The number of rotatable bonds is 0. The summed E-state index contributed by atoms with van der Waals surface area (Å²) < 4.78 is 5.66. The fraction of sp³-hybridized carbons (Fsp3) is 0.917. The van der Waals surface area contributed by atoms with Gasteiger partial charge in [-0.25, -0.2) is 0 Å². The summed E-state index contributed by atoms with van der Waals surface area (Å²) in [6, 6.07) is 0. The Morgan fingerprint density at radius 2 is 1.79 bits per heavy atom. The van der Waals surface area contributed by atoms with Crippen molar-refractivity contribution in [2.45, 2.75) is 58.0 Å². The first kappa shape index (κ1) is 10.0. The molecule has 0 aromatic carbocycles. The van der Waals surface area contributed by atoms with Crippen molar-refractivity contribution in [1.82, 2.24) is 0 Å². The first-order valence-electron chi connectivity index (χ1n) is 5.87. The Balaban J connectivity index is 2.22. The van der Waals surface area contributed by atoms with Crippen molar-refractivity contribution in [2.24, 2.45) is 11.8 Å². The van der Waals surface area contributed by atoms with Crippen LogP contribution in [0.2, 0.25) is 0 Å². The Labute approximate surface area is 86.0 Å². The van der Waals surface area contributed by atoms with Crippen LogP contribution in [-0.4, -0.2) is 11.6 Å². The summed E-state index contributed by atoms with van der Waals surface area (Å²) in [6.45, 7) is 4.50. The molecule has 1 spiro atoms. The lowest BCUT2D eigenvalue weighted by atomic mass is 9.76. The third kappa shape index (κ3) is 1.45. The zero-order chi connectivity index (χ0) is 10.2. The van der Waals surface area contributed by atoms with Crippen LogP contribution in [0.1, 0.15) is 52.4 Å². The highest BCUT2D eigenvalue weighted by atomic mass is 16.6. The summed E-state index contributed by atoms with van der Waals surface area (Å²) in [5.74, 6) is 1.11. The Hall–Kier alpha value is -0.530. The molecule has 2 aliphatic rings. The second-order valence-electron chi connectivity index (χ2n) is 5.02. The van der Waals surface area contributed by atoms with Crippen molar-refractivity contribution in [2.75, 3.05) is 0 Å². The van der Waals surface area contributed by atoms with Crippen molar-refractivity contribution >= 4 is 5.97 Å². The molecule has 2 heteroatoms. The topological polar surface area (TPSA) is 26.3 Å². The molecular weight excluding hydrogens is 176 g/mol. The maximum Gasteiger partial charge on any atom is 0.306 e. The van der Waals surface area contributed by atoms with Crippen LogP contribution >= 0.6 is 0 Å². The molecular formula is C12H20O2. The average Bonchev–Trinajstić information content (AvgIpc) is 2.49. The van der Waals surface area contributed by atoms with Gasteiger partial charge in [0.1, 0.15) is 5.60 Å². The van der Waals surface area contributed by atoms with Crippen molar-refractivity contribution < 1.29 is 9.53 Å². The highest BCUT2D eigenvalue weighted by Crippen LogP contribution is 2.45. The van der Waals surface area contributed by atoms with Gasteiger partial charge in [-0.05, 0) is 31.1 Å². The molecule has 0 N–H and O–H groups in total. The monoisotopic (exact) mass is 196 g/mol. The zero-order valence-corrected chi connectivity index (χ0v) is 9.21. The summed E-state index contributed by atoms with van der Waals surface area (Å²) in [7, 11) is 0. The maximum absolute atomic E-state index is 11.3. The molecule has 1 saturated carbocycles. The molecule has 80 valence electrons. The largest absolute Gasteiger partial charge is 0.458 e. The Kier molecular flexibility index (Phi) is 2.54. The van der Waals surface area contributed by atoms with Crippen LogP contribution in [0.3, 0.4) is 0 Å². The van der Waals surface area contributed by atoms with Crippen molar-refractivity contribution in [3.8, 4) is 0 Å². The van der Waals surface area contributed by atoms with E-state index in [0.29, 0.717) is 18.3 Å². The number of hydrogen-bond acceptors (Lipinski definition) is 2. The third-order valence-electron chi connectivity index (χ3n) is 4.22. The number of carbonyl (C=O) groups is 1. The van der Waals surface area contributed by atoms with E-state index in [4.69, 9.17) is 4.74 Å². The molecule has 2 fully saturated rings. The van der Waals surface area contributed by atoms with Crippen LogP contribution < -0.4 is 0 Å². The van der Waals surface area contributed by atoms with Crippen LogP contribution in [0.15, 0.2) is 0 Å². The minimum atomic E-state index is -0.104. The van der Waals surface area contributed by atoms with Crippen LogP contribution in [0.4, 0.5) is 0 Å². The molecule has 0 aromatic heterocycles. The maximum atomic E-state index is 11.3. The van der Waals surface area contributed by atoms with Gasteiger partial charge in [-0.15, -0.1) is 0 Å². The molecule has 1 saturated heterocycles. The van der Waals surface area contributed by atoms with Crippen molar-refractivity contribution in [1.29, 1.82) is 0 Å². The first-order valence-corrected chi connectivity index (χ1v) is 5.87. The smallest absolute Gasteiger partial charge is 0.306 e. The zero-order valence-electron chi connectivity index (χ0n) is 9.21. The van der Waals surface area contributed by atoms with Gasteiger partial charge in [0.05, 0.1) is 0 Å². The van der Waals surface area contributed by atoms with Crippen LogP contribution in [-0.2, 0) is 9.53 Å². The second kappa shape index (κ2) is 3.56. The lowest BCUT2D eigenvalue weighted by Crippen LogP contribution is -2.41. The van der Waals surface area contributed by atoms with E-state index in [1.165, 1.54) is 25.7 Å². The summed E-state index contributed by atoms with van der Waals surface area (Å²) in [4.78, 5) is 11.3. The standard InChI is InChI=1S/C12H20O2/c1-9-5-3-4-6-10(2)12(9)8-7-11(13)14-12/h9-10H,3-8H2,1-2H3/t9-,10-/m1/s1. The Bertz CT molecular complexity index is 222. The minimum Gasteiger partial charge on any atom is -0.458 e. The van der Waals surface area contributed by atoms with Gasteiger partial charge >= 0.3 is 5.97 Å². The van der Waals surface area contributed by atoms with E-state index in [9.17, 15) is 4.79 Å². The first-order chi connectivity index (χ1) is 6.65. The predicted octanol–water partition coefficient (Wildman–Crippen LogP) is 2.91. The van der Waals surface area contributed by atoms with Crippen LogP contribution in [0, 0.1) is 11.8 Å². The Morgan fingerprint density at radius 1 is 1.21 bits per heavy atom. The van der Waals surface area contributed by atoms with E-state index in [-0.39, 0.29) is 11.6 Å². The predicted molar refractivity (Wildman–Crippen MR) is 54.9 cm³/mol.